The van der Waals surface area contributed by atoms with Gasteiger partial charge in [-0.2, -0.15) is 0 Å². The molecule has 2 aromatic carbocycles. The Balaban J connectivity index is 1.56. The fourth-order valence-corrected chi connectivity index (χ4v) is 4.67. The molecule has 158 valence electrons. The Kier molecular flexibility index (Phi) is 4.63. The molecule has 1 aromatic heterocycles. The number of halogens is 1. The number of allylic oxidation sites excluding steroid dienone is 1. The molecule has 1 saturated heterocycles. The minimum Gasteiger partial charge on any atom is -0.441 e. The molecule has 31 heavy (non-hydrogen) atoms. The first-order chi connectivity index (χ1) is 14.9. The SMILES string of the molecule is O=C1NC(O)O/C1=C/C1(c2ccc(-c3ccc4cccc(F)c4c3)[nH]c2=O)CCCC1. The smallest absolute Gasteiger partial charge is 0.290 e. The van der Waals surface area contributed by atoms with Gasteiger partial charge in [-0.15, -0.1) is 0 Å². The van der Waals surface area contributed by atoms with E-state index in [1.165, 1.54) is 6.07 Å². The van der Waals surface area contributed by atoms with Crippen LogP contribution in [0.4, 0.5) is 4.39 Å². The van der Waals surface area contributed by atoms with Gasteiger partial charge in [-0.1, -0.05) is 43.2 Å². The molecule has 5 rings (SSSR count). The third-order valence-corrected chi connectivity index (χ3v) is 6.21. The molecule has 1 unspecified atom stereocenters. The molecule has 0 spiro atoms. The van der Waals surface area contributed by atoms with E-state index in [-0.39, 0.29) is 17.1 Å². The van der Waals surface area contributed by atoms with Crippen molar-refractivity contribution in [3.63, 3.8) is 0 Å². The van der Waals surface area contributed by atoms with Crippen LogP contribution in [-0.4, -0.2) is 22.4 Å². The van der Waals surface area contributed by atoms with Gasteiger partial charge in [0, 0.05) is 22.1 Å². The summed E-state index contributed by atoms with van der Waals surface area (Å²) in [6.45, 7) is 0. The molecule has 0 radical (unpaired) electrons. The van der Waals surface area contributed by atoms with Crippen LogP contribution in [0.15, 0.2) is 65.2 Å². The van der Waals surface area contributed by atoms with Crippen LogP contribution < -0.4 is 10.9 Å². The molecule has 2 fully saturated rings. The zero-order valence-corrected chi connectivity index (χ0v) is 16.7. The van der Waals surface area contributed by atoms with Gasteiger partial charge in [-0.3, -0.25) is 14.9 Å². The summed E-state index contributed by atoms with van der Waals surface area (Å²) in [5, 5.41) is 13.1. The van der Waals surface area contributed by atoms with Crippen molar-refractivity contribution in [1.29, 1.82) is 0 Å². The van der Waals surface area contributed by atoms with Gasteiger partial charge in [0.1, 0.15) is 5.82 Å². The highest BCUT2D eigenvalue weighted by Crippen LogP contribution is 2.42. The van der Waals surface area contributed by atoms with Crippen molar-refractivity contribution in [2.75, 3.05) is 0 Å². The molecule has 1 saturated carbocycles. The minimum atomic E-state index is -1.37. The number of amides is 1. The molecule has 1 atom stereocenters. The van der Waals surface area contributed by atoms with Crippen LogP contribution >= 0.6 is 0 Å². The van der Waals surface area contributed by atoms with E-state index < -0.39 is 17.7 Å². The largest absolute Gasteiger partial charge is 0.441 e. The summed E-state index contributed by atoms with van der Waals surface area (Å²) in [6, 6.07) is 13.9. The minimum absolute atomic E-state index is 0.0304. The summed E-state index contributed by atoms with van der Waals surface area (Å²) in [7, 11) is 0. The normalized spacial score (nSPS) is 21.4. The molecule has 7 heteroatoms. The second-order valence-corrected chi connectivity index (χ2v) is 8.11. The average Bonchev–Trinajstić information content (AvgIpc) is 3.34. The highest BCUT2D eigenvalue weighted by atomic mass is 19.1. The van der Waals surface area contributed by atoms with Crippen LogP contribution in [0.25, 0.3) is 22.0 Å². The standard InChI is InChI=1S/C24H21FN2O4/c25-18-5-3-4-14-6-7-15(12-16(14)18)19-9-8-17(21(28)26-19)24(10-1-2-11-24)13-20-22(29)27-23(30)31-20/h3-9,12-13,23,30H,1-2,10-11H2,(H,26,28)(H,27,29)/b20-13+. The zero-order valence-electron chi connectivity index (χ0n) is 16.7. The van der Waals surface area contributed by atoms with Crippen LogP contribution in [0.1, 0.15) is 31.2 Å². The van der Waals surface area contributed by atoms with E-state index in [0.29, 0.717) is 35.0 Å². The van der Waals surface area contributed by atoms with Crippen molar-refractivity contribution in [1.82, 2.24) is 10.3 Å². The number of aliphatic hydroxyl groups excluding tert-OH is 1. The van der Waals surface area contributed by atoms with Crippen LogP contribution in [0.3, 0.4) is 0 Å². The number of hydrogen-bond donors (Lipinski definition) is 3. The number of fused-ring (bicyclic) bond motifs is 1. The Morgan fingerprint density at radius 3 is 2.61 bits per heavy atom. The van der Waals surface area contributed by atoms with E-state index in [2.05, 4.69) is 10.3 Å². The van der Waals surface area contributed by atoms with Crippen molar-refractivity contribution < 1.29 is 19.0 Å². The van der Waals surface area contributed by atoms with Gasteiger partial charge in [0.05, 0.1) is 0 Å². The lowest BCUT2D eigenvalue weighted by Crippen LogP contribution is -2.30. The number of H-pyrrole nitrogens is 1. The fourth-order valence-electron chi connectivity index (χ4n) is 4.67. The van der Waals surface area contributed by atoms with Gasteiger partial charge >= 0.3 is 0 Å². The Morgan fingerprint density at radius 1 is 1.10 bits per heavy atom. The van der Waals surface area contributed by atoms with Crippen molar-refractivity contribution in [2.45, 2.75) is 37.5 Å². The number of rotatable bonds is 3. The summed E-state index contributed by atoms with van der Waals surface area (Å²) >= 11 is 0. The molecule has 3 aromatic rings. The van der Waals surface area contributed by atoms with Crippen LogP contribution in [0.2, 0.25) is 0 Å². The second-order valence-electron chi connectivity index (χ2n) is 8.11. The monoisotopic (exact) mass is 420 g/mol. The molecule has 1 amide bonds. The quantitative estimate of drug-likeness (QED) is 0.566. The van der Waals surface area contributed by atoms with Crippen molar-refractivity contribution in [3.8, 4) is 11.3 Å². The lowest BCUT2D eigenvalue weighted by Gasteiger charge is -2.25. The van der Waals surface area contributed by atoms with Gasteiger partial charge in [0.2, 0.25) is 0 Å². The first-order valence-corrected chi connectivity index (χ1v) is 10.3. The number of pyridine rings is 1. The van der Waals surface area contributed by atoms with Gasteiger partial charge in [-0.25, -0.2) is 4.39 Å². The third kappa shape index (κ3) is 3.41. The first-order valence-electron chi connectivity index (χ1n) is 10.3. The molecule has 0 bridgehead atoms. The lowest BCUT2D eigenvalue weighted by molar-refractivity contribution is -0.117. The summed E-state index contributed by atoms with van der Waals surface area (Å²) in [5.41, 5.74) is 0.944. The van der Waals surface area contributed by atoms with Crippen molar-refractivity contribution in [3.05, 3.63) is 82.1 Å². The first kappa shape index (κ1) is 19.5. The number of ether oxygens (including phenoxy) is 1. The number of aromatic nitrogens is 1. The summed E-state index contributed by atoms with van der Waals surface area (Å²) in [5.74, 6) is -0.778. The van der Waals surface area contributed by atoms with E-state index in [4.69, 9.17) is 4.74 Å². The summed E-state index contributed by atoms with van der Waals surface area (Å²) in [4.78, 5) is 28.1. The van der Waals surface area contributed by atoms with Crippen LogP contribution in [-0.2, 0) is 14.9 Å². The van der Waals surface area contributed by atoms with E-state index in [9.17, 15) is 19.1 Å². The molecule has 6 nitrogen and oxygen atoms in total. The maximum absolute atomic E-state index is 14.2. The number of benzene rings is 2. The average molecular weight is 420 g/mol. The number of carbonyl (C=O) groups is 1. The highest BCUT2D eigenvalue weighted by molar-refractivity contribution is 5.93. The Hall–Kier alpha value is -3.45. The van der Waals surface area contributed by atoms with E-state index >= 15 is 0 Å². The van der Waals surface area contributed by atoms with Crippen LogP contribution in [0.5, 0.6) is 0 Å². The van der Waals surface area contributed by atoms with Crippen LogP contribution in [0, 0.1) is 5.82 Å². The topological polar surface area (TPSA) is 91.4 Å². The fraction of sp³-hybridized carbons (Fsp3) is 0.250. The number of carbonyl (C=O) groups excluding carboxylic acids is 1. The maximum Gasteiger partial charge on any atom is 0.290 e. The highest BCUT2D eigenvalue weighted by Gasteiger charge is 2.39. The number of nitrogens with one attached hydrogen (secondary N) is 2. The predicted molar refractivity (Wildman–Crippen MR) is 113 cm³/mol. The number of aliphatic hydroxyl groups is 1. The Labute approximate surface area is 177 Å². The van der Waals surface area contributed by atoms with Gasteiger partial charge in [0.15, 0.2) is 5.76 Å². The summed E-state index contributed by atoms with van der Waals surface area (Å²) < 4.78 is 19.4. The number of hydrogen-bond acceptors (Lipinski definition) is 4. The lowest BCUT2D eigenvalue weighted by atomic mass is 9.78. The van der Waals surface area contributed by atoms with E-state index in [1.54, 1.807) is 24.3 Å². The third-order valence-electron chi connectivity index (χ3n) is 6.21. The molecule has 1 aliphatic heterocycles. The predicted octanol–water partition coefficient (Wildman–Crippen LogP) is 3.45. The van der Waals surface area contributed by atoms with E-state index in [1.807, 2.05) is 24.3 Å². The number of aromatic amines is 1. The van der Waals surface area contributed by atoms with Gasteiger partial charge in [-0.05, 0) is 48.1 Å². The maximum atomic E-state index is 14.2. The Morgan fingerprint density at radius 2 is 1.90 bits per heavy atom. The zero-order chi connectivity index (χ0) is 21.6. The van der Waals surface area contributed by atoms with Crippen molar-refractivity contribution in [2.24, 2.45) is 0 Å². The van der Waals surface area contributed by atoms with Gasteiger partial charge in [0.25, 0.3) is 17.9 Å². The van der Waals surface area contributed by atoms with Crippen molar-refractivity contribution >= 4 is 16.7 Å². The molecule has 2 heterocycles. The molecule has 1 aliphatic carbocycles. The Bertz CT molecular complexity index is 1270. The molecule has 2 aliphatic rings. The molecule has 3 N–H and O–H groups in total. The van der Waals surface area contributed by atoms with Gasteiger partial charge < -0.3 is 14.8 Å². The van der Waals surface area contributed by atoms with E-state index in [0.717, 1.165) is 18.2 Å². The summed E-state index contributed by atoms with van der Waals surface area (Å²) in [6.07, 6.45) is 3.53. The molecular formula is C24H21FN2O4. The molecular weight excluding hydrogens is 399 g/mol. The second kappa shape index (κ2) is 7.35.